The maximum Gasteiger partial charge on any atom is 0.104 e. The van der Waals surface area contributed by atoms with Crippen LogP contribution >= 0.6 is 0 Å². The van der Waals surface area contributed by atoms with Crippen molar-refractivity contribution in [2.24, 2.45) is 0 Å². The average Bonchev–Trinajstić information content (AvgIpc) is 2.25. The molecule has 7 nitrogen and oxygen atoms in total. The van der Waals surface area contributed by atoms with Crippen molar-refractivity contribution in [3.63, 3.8) is 0 Å². The molecular weight excluding hydrogens is 987 g/mol. The molecule has 0 unspecified atom stereocenters. The van der Waals surface area contributed by atoms with E-state index >= 15 is 0 Å². The van der Waals surface area contributed by atoms with Crippen LogP contribution in [0.25, 0.3) is 149 Å². The summed E-state index contributed by atoms with van der Waals surface area (Å²) in [5.74, 6) is 0. The van der Waals surface area contributed by atoms with Crippen LogP contribution in [0.1, 0.15) is 11.1 Å². The molecule has 0 aliphatic heterocycles. The lowest BCUT2D eigenvalue weighted by Gasteiger charge is -2.19. The van der Waals surface area contributed by atoms with Crippen molar-refractivity contribution >= 4 is 109 Å². The van der Waals surface area contributed by atoms with Gasteiger partial charge in [0.15, 0.2) is 0 Å². The van der Waals surface area contributed by atoms with Gasteiger partial charge in [-0.25, -0.2) is 0 Å². The number of fused-ring (bicyclic) bond motifs is 19. The molecule has 0 spiro atoms. The van der Waals surface area contributed by atoms with E-state index in [2.05, 4.69) is 278 Å². The molecule has 0 aliphatic carbocycles. The van der Waals surface area contributed by atoms with E-state index in [4.69, 9.17) is 0 Å². The first-order chi connectivity index (χ1) is 40.2. The molecule has 0 amide bonds. The minimum Gasteiger partial charge on any atom is -0.309 e. The Morgan fingerprint density at radius 3 is 1.14 bits per heavy atom. The van der Waals surface area contributed by atoms with Crippen molar-refractivity contribution in [1.29, 1.82) is 10.5 Å². The standard InChI is InChI=1S/C74H43N7/c75-44-46-21-20-22-47(41-46)48-42-65(80-59-34-15-10-29-52(59)53-39-40-64-67(71(53)80)54-30-11-16-35-60(54)77(64)49-23-4-1-5-24-49)58(45-76)66(43-48)81-63-38-19-14-33-57(63)70-73-68(55-31-12-17-36-61(55)78(73)50-25-6-2-7-26-50)72-69(74(70)81)56-32-13-18-37-62(56)79(72)51-27-8-3-9-28-51/h1-43H. The van der Waals surface area contributed by atoms with Crippen LogP contribution in [0.2, 0.25) is 0 Å². The topological polar surface area (TPSA) is 72.2 Å². The van der Waals surface area contributed by atoms with Crippen molar-refractivity contribution in [3.05, 3.63) is 272 Å². The molecule has 0 bridgehead atoms. The van der Waals surface area contributed by atoms with Crippen LogP contribution in [0.5, 0.6) is 0 Å². The molecule has 5 heterocycles. The Morgan fingerprint density at radius 2 is 0.642 bits per heavy atom. The molecule has 17 aromatic rings. The minimum absolute atomic E-state index is 0.507. The SMILES string of the molecule is N#Cc1cccc(-c2cc(-n3c4ccccc4c4ccc5c(c6ccccc6n5-c5ccccc5)c43)c(C#N)c(-n3c4ccccc4c4c5c(c6ccccc6n5-c5ccccc5)c5c(c6ccccc6n5-c5ccccc5)c43)c2)c1. The quantitative estimate of drug-likeness (QED) is 0.166. The van der Waals surface area contributed by atoms with Gasteiger partial charge in [-0.3, -0.25) is 0 Å². The van der Waals surface area contributed by atoms with E-state index < -0.39 is 0 Å². The molecule has 81 heavy (non-hydrogen) atoms. The summed E-state index contributed by atoms with van der Waals surface area (Å²) in [6.45, 7) is 0. The predicted molar refractivity (Wildman–Crippen MR) is 333 cm³/mol. The summed E-state index contributed by atoms with van der Waals surface area (Å²) in [4.78, 5) is 0. The number of nitriles is 2. The highest BCUT2D eigenvalue weighted by Crippen LogP contribution is 2.52. The van der Waals surface area contributed by atoms with Crippen LogP contribution in [0, 0.1) is 22.7 Å². The molecule has 0 fully saturated rings. The van der Waals surface area contributed by atoms with Gasteiger partial charge in [0.2, 0.25) is 0 Å². The normalized spacial score (nSPS) is 11.9. The van der Waals surface area contributed by atoms with Gasteiger partial charge in [0.25, 0.3) is 0 Å². The van der Waals surface area contributed by atoms with Crippen molar-refractivity contribution < 1.29 is 0 Å². The summed E-state index contributed by atoms with van der Waals surface area (Å²) >= 11 is 0. The van der Waals surface area contributed by atoms with Crippen molar-refractivity contribution in [2.75, 3.05) is 0 Å². The number of rotatable bonds is 6. The fourth-order valence-corrected chi connectivity index (χ4v) is 13.7. The predicted octanol–water partition coefficient (Wildman–Crippen LogP) is 18.6. The highest BCUT2D eigenvalue weighted by molar-refractivity contribution is 6.40. The Hall–Kier alpha value is -11.4. The minimum atomic E-state index is 0.507. The lowest BCUT2D eigenvalue weighted by atomic mass is 9.98. The second kappa shape index (κ2) is 17.1. The second-order valence-electron chi connectivity index (χ2n) is 21.0. The maximum absolute atomic E-state index is 12.4. The van der Waals surface area contributed by atoms with E-state index in [1.165, 1.54) is 0 Å². The zero-order chi connectivity index (χ0) is 53.4. The number of nitrogens with zero attached hydrogens (tertiary/aromatic N) is 7. The third kappa shape index (κ3) is 6.15. The van der Waals surface area contributed by atoms with Crippen molar-refractivity contribution in [2.45, 2.75) is 0 Å². The Labute approximate surface area is 463 Å². The molecule has 17 rings (SSSR count). The Bertz CT molecular complexity index is 5530. The van der Waals surface area contributed by atoms with Crippen LogP contribution in [-0.4, -0.2) is 22.8 Å². The Balaban J connectivity index is 1.12. The summed E-state index contributed by atoms with van der Waals surface area (Å²) < 4.78 is 12.0. The molecule has 0 atom stereocenters. The fraction of sp³-hybridized carbons (Fsp3) is 0. The summed E-state index contributed by atoms with van der Waals surface area (Å²) in [5, 5.41) is 33.9. The van der Waals surface area contributed by atoms with E-state index in [9.17, 15) is 10.5 Å². The van der Waals surface area contributed by atoms with E-state index in [0.29, 0.717) is 11.1 Å². The van der Waals surface area contributed by atoms with E-state index in [1.807, 2.05) is 18.2 Å². The number of benzene rings is 12. The molecule has 12 aromatic carbocycles. The summed E-state index contributed by atoms with van der Waals surface area (Å²) in [5.41, 5.74) is 17.8. The maximum atomic E-state index is 12.4. The van der Waals surface area contributed by atoms with Gasteiger partial charge in [-0.15, -0.1) is 0 Å². The van der Waals surface area contributed by atoms with Crippen LogP contribution < -0.4 is 0 Å². The third-order valence-electron chi connectivity index (χ3n) is 16.9. The summed E-state index contributed by atoms with van der Waals surface area (Å²) in [6, 6.07) is 97.6. The molecule has 374 valence electrons. The molecule has 0 N–H and O–H groups in total. The van der Waals surface area contributed by atoms with Crippen molar-refractivity contribution in [1.82, 2.24) is 22.8 Å². The summed E-state index contributed by atoms with van der Waals surface area (Å²) in [7, 11) is 0. The fourth-order valence-electron chi connectivity index (χ4n) is 13.7. The molecule has 5 aromatic heterocycles. The molecule has 0 aliphatic rings. The number of hydrogen-bond donors (Lipinski definition) is 0. The third-order valence-corrected chi connectivity index (χ3v) is 16.9. The van der Waals surface area contributed by atoms with Crippen LogP contribution in [0.3, 0.4) is 0 Å². The largest absolute Gasteiger partial charge is 0.309 e. The van der Waals surface area contributed by atoms with Gasteiger partial charge >= 0.3 is 0 Å². The van der Waals surface area contributed by atoms with Gasteiger partial charge in [0.1, 0.15) is 11.6 Å². The summed E-state index contributed by atoms with van der Waals surface area (Å²) in [6.07, 6.45) is 0. The van der Waals surface area contributed by atoms with E-state index in [1.54, 1.807) is 0 Å². The zero-order valence-electron chi connectivity index (χ0n) is 43.5. The second-order valence-corrected chi connectivity index (χ2v) is 21.0. The molecule has 0 saturated carbocycles. The van der Waals surface area contributed by atoms with Gasteiger partial charge < -0.3 is 22.8 Å². The average molecular weight is 1030 g/mol. The first-order valence-electron chi connectivity index (χ1n) is 27.3. The van der Waals surface area contributed by atoms with E-state index in [-0.39, 0.29) is 0 Å². The monoisotopic (exact) mass is 1030 g/mol. The smallest absolute Gasteiger partial charge is 0.104 e. The lowest BCUT2D eigenvalue weighted by molar-refractivity contribution is 1.12. The van der Waals surface area contributed by atoms with Crippen LogP contribution in [0.4, 0.5) is 0 Å². The highest BCUT2D eigenvalue weighted by Gasteiger charge is 2.31. The van der Waals surface area contributed by atoms with Gasteiger partial charge in [0, 0.05) is 70.9 Å². The van der Waals surface area contributed by atoms with Crippen LogP contribution in [0.15, 0.2) is 261 Å². The van der Waals surface area contributed by atoms with Gasteiger partial charge in [-0.2, -0.15) is 10.5 Å². The first-order valence-corrected chi connectivity index (χ1v) is 27.3. The molecule has 7 heteroatoms. The Morgan fingerprint density at radius 1 is 0.247 bits per heavy atom. The highest BCUT2D eigenvalue weighted by atomic mass is 15.1. The van der Waals surface area contributed by atoms with Gasteiger partial charge in [0.05, 0.1) is 78.2 Å². The van der Waals surface area contributed by atoms with Crippen LogP contribution in [-0.2, 0) is 0 Å². The van der Waals surface area contributed by atoms with Crippen molar-refractivity contribution in [3.8, 4) is 51.7 Å². The molecule has 0 saturated heterocycles. The Kier molecular flexibility index (Phi) is 9.42. The number of aromatic nitrogens is 5. The molecular formula is C74H43N7. The lowest BCUT2D eigenvalue weighted by Crippen LogP contribution is -2.06. The molecule has 0 radical (unpaired) electrons. The first kappa shape index (κ1) is 44.7. The zero-order valence-corrected chi connectivity index (χ0v) is 43.5. The van der Waals surface area contributed by atoms with Gasteiger partial charge in [-0.05, 0) is 108 Å². The van der Waals surface area contributed by atoms with Gasteiger partial charge in [-0.1, -0.05) is 164 Å². The number of para-hydroxylation sites is 8. The number of hydrogen-bond acceptors (Lipinski definition) is 2. The van der Waals surface area contributed by atoms with E-state index in [0.717, 1.165) is 149 Å².